The van der Waals surface area contributed by atoms with E-state index in [0.29, 0.717) is 22.9 Å². The summed E-state index contributed by atoms with van der Waals surface area (Å²) in [6.45, 7) is 4.06. The lowest BCUT2D eigenvalue weighted by molar-refractivity contribution is -0.123. The second kappa shape index (κ2) is 12.3. The molecule has 2 N–H and O–H groups in total. The molecule has 6 nitrogen and oxygen atoms in total. The van der Waals surface area contributed by atoms with E-state index in [4.69, 9.17) is 16.3 Å². The average Bonchev–Trinajstić information content (AvgIpc) is 2.83. The highest BCUT2D eigenvalue weighted by atomic mass is 79.9. The second-order valence-electron chi connectivity index (χ2n) is 7.87. The van der Waals surface area contributed by atoms with Crippen molar-refractivity contribution in [2.75, 3.05) is 0 Å². The number of carbonyl (C=O) groups excluding carboxylic acids is 2. The van der Waals surface area contributed by atoms with Gasteiger partial charge in [-0.15, -0.1) is 0 Å². The first-order valence-corrected chi connectivity index (χ1v) is 11.9. The minimum Gasteiger partial charge on any atom is -0.488 e. The maximum Gasteiger partial charge on any atom is 0.262 e. The number of nitrogens with one attached hydrogen (secondary N) is 2. The Balaban J connectivity index is 1.57. The zero-order valence-corrected chi connectivity index (χ0v) is 21.1. The van der Waals surface area contributed by atoms with Crippen molar-refractivity contribution in [3.63, 3.8) is 0 Å². The first-order chi connectivity index (χ1) is 16.3. The molecule has 3 rings (SSSR count). The van der Waals surface area contributed by atoms with Crippen LogP contribution in [0.4, 0.5) is 0 Å². The Morgan fingerprint density at radius 3 is 2.44 bits per heavy atom. The molecule has 3 aromatic carbocycles. The molecular formula is C26H25BrClN3O3. The number of halogens is 2. The summed E-state index contributed by atoms with van der Waals surface area (Å²) in [5, 5.41) is 7.47. The summed E-state index contributed by atoms with van der Waals surface area (Å²) in [6.07, 6.45) is 1.52. The molecular weight excluding hydrogens is 518 g/mol. The van der Waals surface area contributed by atoms with Crippen LogP contribution in [0.15, 0.2) is 82.4 Å². The van der Waals surface area contributed by atoms with Crippen LogP contribution in [-0.2, 0) is 11.4 Å². The molecule has 1 atom stereocenters. The van der Waals surface area contributed by atoms with Gasteiger partial charge in [0.2, 0.25) is 0 Å². The fraction of sp³-hybridized carbons (Fsp3) is 0.192. The number of nitrogens with zero attached hydrogens (tertiary/aromatic N) is 1. The summed E-state index contributed by atoms with van der Waals surface area (Å²) in [6, 6.07) is 21.0. The van der Waals surface area contributed by atoms with Gasteiger partial charge in [0.15, 0.2) is 0 Å². The van der Waals surface area contributed by atoms with Crippen molar-refractivity contribution >= 4 is 45.6 Å². The van der Waals surface area contributed by atoms with Gasteiger partial charge in [-0.2, -0.15) is 5.10 Å². The van der Waals surface area contributed by atoms with Gasteiger partial charge in [-0.05, 0) is 63.8 Å². The summed E-state index contributed by atoms with van der Waals surface area (Å²) < 4.78 is 6.59. The summed E-state index contributed by atoms with van der Waals surface area (Å²) in [5.74, 6) is -0.166. The largest absolute Gasteiger partial charge is 0.488 e. The SMILES string of the molecule is CC(C)C(NC(=O)c1ccccc1)C(=O)N/N=C/c1ccc(OCc2ccccc2Cl)c(Br)c1. The van der Waals surface area contributed by atoms with E-state index in [1.165, 1.54) is 6.21 Å². The normalized spacial score (nSPS) is 11.9. The number of carbonyl (C=O) groups is 2. The quantitative estimate of drug-likeness (QED) is 0.273. The van der Waals surface area contributed by atoms with E-state index in [2.05, 4.69) is 31.8 Å². The van der Waals surface area contributed by atoms with Crippen molar-refractivity contribution in [2.24, 2.45) is 11.0 Å². The monoisotopic (exact) mass is 541 g/mol. The van der Waals surface area contributed by atoms with Gasteiger partial charge in [0.05, 0.1) is 10.7 Å². The minimum atomic E-state index is -0.725. The zero-order chi connectivity index (χ0) is 24.5. The molecule has 0 saturated carbocycles. The molecule has 1 unspecified atom stereocenters. The maximum absolute atomic E-state index is 12.6. The average molecular weight is 543 g/mol. The standard InChI is InChI=1S/C26H25BrClN3O3/c1-17(2)24(30-25(32)19-8-4-3-5-9-19)26(33)31-29-15-18-12-13-23(21(27)14-18)34-16-20-10-6-7-11-22(20)28/h3-15,17,24H,16H2,1-2H3,(H,30,32)(H,31,33)/b29-15+. The third kappa shape index (κ3) is 7.17. The van der Waals surface area contributed by atoms with Crippen LogP contribution in [0, 0.1) is 5.92 Å². The van der Waals surface area contributed by atoms with E-state index in [1.54, 1.807) is 30.3 Å². The van der Waals surface area contributed by atoms with Crippen molar-refractivity contribution in [3.05, 3.63) is 99.0 Å². The van der Waals surface area contributed by atoms with Gasteiger partial charge in [-0.1, -0.05) is 61.8 Å². The van der Waals surface area contributed by atoms with Gasteiger partial charge in [-0.25, -0.2) is 5.43 Å². The number of amides is 2. The minimum absolute atomic E-state index is 0.119. The topological polar surface area (TPSA) is 79.8 Å². The molecule has 0 aromatic heterocycles. The van der Waals surface area contributed by atoms with Crippen molar-refractivity contribution in [1.82, 2.24) is 10.7 Å². The smallest absolute Gasteiger partial charge is 0.262 e. The van der Waals surface area contributed by atoms with E-state index < -0.39 is 11.9 Å². The number of hydrogen-bond donors (Lipinski definition) is 2. The van der Waals surface area contributed by atoms with Crippen molar-refractivity contribution in [3.8, 4) is 5.75 Å². The molecule has 176 valence electrons. The summed E-state index contributed by atoms with van der Waals surface area (Å²) in [4.78, 5) is 25.1. The Kier molecular flexibility index (Phi) is 9.24. The van der Waals surface area contributed by atoms with E-state index in [-0.39, 0.29) is 11.8 Å². The maximum atomic E-state index is 12.6. The van der Waals surface area contributed by atoms with Gasteiger partial charge in [0, 0.05) is 16.1 Å². The van der Waals surface area contributed by atoms with Crippen molar-refractivity contribution in [2.45, 2.75) is 26.5 Å². The highest BCUT2D eigenvalue weighted by Crippen LogP contribution is 2.27. The van der Waals surface area contributed by atoms with Gasteiger partial charge >= 0.3 is 0 Å². The Hall–Kier alpha value is -3.16. The van der Waals surface area contributed by atoms with Crippen LogP contribution in [0.3, 0.4) is 0 Å². The molecule has 0 radical (unpaired) electrons. The lowest BCUT2D eigenvalue weighted by Gasteiger charge is -2.20. The number of benzene rings is 3. The Labute approximate surface area is 212 Å². The third-order valence-corrected chi connectivity index (χ3v) is 5.95. The van der Waals surface area contributed by atoms with Crippen LogP contribution in [0.2, 0.25) is 5.02 Å². The van der Waals surface area contributed by atoms with Gasteiger partial charge in [-0.3, -0.25) is 9.59 Å². The molecule has 0 aliphatic heterocycles. The highest BCUT2D eigenvalue weighted by Gasteiger charge is 2.24. The molecule has 0 heterocycles. The molecule has 0 saturated heterocycles. The Morgan fingerprint density at radius 2 is 1.76 bits per heavy atom. The third-order valence-electron chi connectivity index (χ3n) is 4.96. The first kappa shape index (κ1) is 25.5. The number of hydrogen-bond acceptors (Lipinski definition) is 4. The predicted molar refractivity (Wildman–Crippen MR) is 138 cm³/mol. The van der Waals surface area contributed by atoms with Gasteiger partial charge < -0.3 is 10.1 Å². The lowest BCUT2D eigenvalue weighted by atomic mass is 10.0. The fourth-order valence-corrected chi connectivity index (χ4v) is 3.78. The van der Waals surface area contributed by atoms with Crippen LogP contribution >= 0.6 is 27.5 Å². The molecule has 3 aromatic rings. The lowest BCUT2D eigenvalue weighted by Crippen LogP contribution is -2.48. The summed E-state index contributed by atoms with van der Waals surface area (Å²) in [7, 11) is 0. The number of ether oxygens (including phenoxy) is 1. The highest BCUT2D eigenvalue weighted by molar-refractivity contribution is 9.10. The molecule has 0 bridgehead atoms. The fourth-order valence-electron chi connectivity index (χ4n) is 3.07. The zero-order valence-electron chi connectivity index (χ0n) is 18.8. The van der Waals surface area contributed by atoms with Crippen LogP contribution in [-0.4, -0.2) is 24.1 Å². The molecule has 0 fully saturated rings. The first-order valence-electron chi connectivity index (χ1n) is 10.7. The van der Waals surface area contributed by atoms with Crippen molar-refractivity contribution in [1.29, 1.82) is 0 Å². The van der Waals surface area contributed by atoms with Crippen LogP contribution < -0.4 is 15.5 Å². The molecule has 0 aliphatic carbocycles. The molecule has 34 heavy (non-hydrogen) atoms. The molecule has 0 aliphatic rings. The summed E-state index contributed by atoms with van der Waals surface area (Å²) >= 11 is 9.67. The van der Waals surface area contributed by atoms with E-state index >= 15 is 0 Å². The molecule has 0 spiro atoms. The number of rotatable bonds is 9. The number of hydrazone groups is 1. The van der Waals surface area contributed by atoms with E-state index in [9.17, 15) is 9.59 Å². The van der Waals surface area contributed by atoms with E-state index in [1.807, 2.05) is 56.3 Å². The van der Waals surface area contributed by atoms with Gasteiger partial charge in [0.25, 0.3) is 11.8 Å². The summed E-state index contributed by atoms with van der Waals surface area (Å²) in [5.41, 5.74) is 4.65. The van der Waals surface area contributed by atoms with Gasteiger partial charge in [0.1, 0.15) is 18.4 Å². The predicted octanol–water partition coefficient (Wildman–Crippen LogP) is 5.59. The van der Waals surface area contributed by atoms with Crippen LogP contribution in [0.5, 0.6) is 5.75 Å². The van der Waals surface area contributed by atoms with E-state index in [0.717, 1.165) is 15.6 Å². The second-order valence-corrected chi connectivity index (χ2v) is 9.13. The van der Waals surface area contributed by atoms with Crippen LogP contribution in [0.25, 0.3) is 0 Å². The molecule has 8 heteroatoms. The Morgan fingerprint density at radius 1 is 1.06 bits per heavy atom. The van der Waals surface area contributed by atoms with Crippen molar-refractivity contribution < 1.29 is 14.3 Å². The van der Waals surface area contributed by atoms with Crippen LogP contribution in [0.1, 0.15) is 35.3 Å². The Bertz CT molecular complexity index is 1170. The molecule has 2 amide bonds.